The van der Waals surface area contributed by atoms with E-state index in [1.165, 1.54) is 39.7 Å². The molecule has 5 fully saturated rings. The van der Waals surface area contributed by atoms with Gasteiger partial charge in [-0.25, -0.2) is 0 Å². The average molecular weight is 447 g/mol. The summed E-state index contributed by atoms with van der Waals surface area (Å²) in [7, 11) is 1.49. The maximum Gasteiger partial charge on any atom is 0.305 e. The van der Waals surface area contributed by atoms with Crippen LogP contribution in [0.3, 0.4) is 0 Å². The zero-order chi connectivity index (χ0) is 22.8. The van der Waals surface area contributed by atoms with E-state index in [1.54, 1.807) is 0 Å². The van der Waals surface area contributed by atoms with E-state index in [2.05, 4.69) is 20.8 Å². The minimum atomic E-state index is -0.135. The second-order valence-corrected chi connectivity index (χ2v) is 12.2. The molecule has 180 valence electrons. The molecule has 11 atom stereocenters. The molecule has 0 bridgehead atoms. The van der Waals surface area contributed by atoms with Crippen molar-refractivity contribution in [2.24, 2.45) is 46.3 Å². The minimum absolute atomic E-state index is 0.0867. The van der Waals surface area contributed by atoms with Crippen LogP contribution in [0.2, 0.25) is 0 Å². The lowest BCUT2D eigenvalue weighted by Crippen LogP contribution is -2.57. The highest BCUT2D eigenvalue weighted by Crippen LogP contribution is 2.73. The minimum Gasteiger partial charge on any atom is -0.469 e. The van der Waals surface area contributed by atoms with Gasteiger partial charge in [0.05, 0.1) is 19.3 Å². The highest BCUT2D eigenvalue weighted by atomic mass is 16.6. The SMILES string of the molecule is COC(=O)CC[C@@H](C)[C@H]1CC[C@H]2[C@@H]3CC[C@H]4C[C@H](OC(C)=O)CC[C@]4(C)[C@H]3[C@@H]3O[C@@H]3[C@]12C. The fourth-order valence-electron chi connectivity index (χ4n) is 9.54. The van der Waals surface area contributed by atoms with E-state index in [0.717, 1.165) is 37.5 Å². The van der Waals surface area contributed by atoms with Crippen molar-refractivity contribution in [3.05, 3.63) is 0 Å². The first kappa shape index (κ1) is 22.7. The summed E-state index contributed by atoms with van der Waals surface area (Å²) < 4.78 is 17.1. The van der Waals surface area contributed by atoms with Crippen molar-refractivity contribution in [2.45, 2.75) is 104 Å². The Bertz CT molecular complexity index is 765. The summed E-state index contributed by atoms with van der Waals surface area (Å²) >= 11 is 0. The zero-order valence-corrected chi connectivity index (χ0v) is 20.6. The molecule has 0 unspecified atom stereocenters. The Morgan fingerprint density at radius 1 is 1.12 bits per heavy atom. The van der Waals surface area contributed by atoms with Crippen molar-refractivity contribution in [1.29, 1.82) is 0 Å². The quantitative estimate of drug-likeness (QED) is 0.431. The molecule has 0 amide bonds. The summed E-state index contributed by atoms with van der Waals surface area (Å²) in [4.78, 5) is 23.2. The molecule has 0 spiro atoms. The molecule has 4 aliphatic carbocycles. The van der Waals surface area contributed by atoms with E-state index in [0.29, 0.717) is 47.7 Å². The Hall–Kier alpha value is -1.10. The van der Waals surface area contributed by atoms with Gasteiger partial charge in [0, 0.05) is 18.8 Å². The average Bonchev–Trinajstić information content (AvgIpc) is 3.47. The Kier molecular flexibility index (Phi) is 5.66. The summed E-state index contributed by atoms with van der Waals surface area (Å²) in [5, 5.41) is 0. The maximum atomic E-state index is 11.7. The lowest BCUT2D eigenvalue weighted by atomic mass is 9.44. The van der Waals surface area contributed by atoms with E-state index in [-0.39, 0.29) is 23.5 Å². The van der Waals surface area contributed by atoms with Crippen molar-refractivity contribution in [3.63, 3.8) is 0 Å². The van der Waals surface area contributed by atoms with Crippen molar-refractivity contribution in [1.82, 2.24) is 0 Å². The fourth-order valence-corrected chi connectivity index (χ4v) is 9.54. The molecule has 5 nitrogen and oxygen atoms in total. The van der Waals surface area contributed by atoms with Gasteiger partial charge in [0.25, 0.3) is 0 Å². The molecule has 32 heavy (non-hydrogen) atoms. The van der Waals surface area contributed by atoms with E-state index in [4.69, 9.17) is 14.2 Å². The lowest BCUT2D eigenvalue weighted by molar-refractivity contribution is -0.158. The van der Waals surface area contributed by atoms with Crippen LogP contribution in [-0.4, -0.2) is 37.4 Å². The third-order valence-electron chi connectivity index (χ3n) is 11.0. The third-order valence-corrected chi connectivity index (χ3v) is 11.0. The number of hydrogen-bond acceptors (Lipinski definition) is 5. The summed E-state index contributed by atoms with van der Waals surface area (Å²) in [6.45, 7) is 8.94. The van der Waals surface area contributed by atoms with Gasteiger partial charge in [-0.2, -0.15) is 0 Å². The van der Waals surface area contributed by atoms with Crippen LogP contribution in [0.5, 0.6) is 0 Å². The summed E-state index contributed by atoms with van der Waals surface area (Å²) in [6, 6.07) is 0. The molecule has 5 aliphatic rings. The highest BCUT2D eigenvalue weighted by Gasteiger charge is 2.73. The van der Waals surface area contributed by atoms with Crippen molar-refractivity contribution in [2.75, 3.05) is 7.11 Å². The van der Waals surface area contributed by atoms with Crippen LogP contribution in [0.15, 0.2) is 0 Å². The molecule has 0 aromatic carbocycles. The van der Waals surface area contributed by atoms with Gasteiger partial charge >= 0.3 is 11.9 Å². The predicted molar refractivity (Wildman–Crippen MR) is 121 cm³/mol. The van der Waals surface area contributed by atoms with Crippen molar-refractivity contribution < 1.29 is 23.8 Å². The number of epoxide rings is 1. The Morgan fingerprint density at radius 3 is 2.62 bits per heavy atom. The summed E-state index contributed by atoms with van der Waals surface area (Å²) in [5.41, 5.74) is 0.564. The number of hydrogen-bond donors (Lipinski definition) is 0. The van der Waals surface area contributed by atoms with E-state index >= 15 is 0 Å². The molecule has 1 saturated heterocycles. The van der Waals surface area contributed by atoms with E-state index in [9.17, 15) is 9.59 Å². The Balaban J connectivity index is 1.33. The van der Waals surface area contributed by atoms with Gasteiger partial charge in [-0.1, -0.05) is 20.8 Å². The van der Waals surface area contributed by atoms with Crippen molar-refractivity contribution in [3.8, 4) is 0 Å². The van der Waals surface area contributed by atoms with E-state index < -0.39 is 0 Å². The van der Waals surface area contributed by atoms with Crippen LogP contribution in [0, 0.1) is 46.3 Å². The van der Waals surface area contributed by atoms with Gasteiger partial charge in [-0.15, -0.1) is 0 Å². The van der Waals surface area contributed by atoms with Crippen LogP contribution >= 0.6 is 0 Å². The van der Waals surface area contributed by atoms with Crippen LogP contribution < -0.4 is 0 Å². The third kappa shape index (κ3) is 3.35. The monoisotopic (exact) mass is 446 g/mol. The summed E-state index contributed by atoms with van der Waals surface area (Å²) in [6.07, 6.45) is 10.7. The topological polar surface area (TPSA) is 65.1 Å². The van der Waals surface area contributed by atoms with Gasteiger partial charge < -0.3 is 14.2 Å². The first-order chi connectivity index (χ1) is 15.2. The number of rotatable bonds is 5. The van der Waals surface area contributed by atoms with Gasteiger partial charge in [-0.05, 0) is 92.3 Å². The fraction of sp³-hybridized carbons (Fsp3) is 0.926. The number of methoxy groups -OCH3 is 1. The van der Waals surface area contributed by atoms with E-state index in [1.807, 2.05) is 0 Å². The number of esters is 2. The lowest BCUT2D eigenvalue weighted by Gasteiger charge is -2.59. The van der Waals surface area contributed by atoms with Crippen LogP contribution in [0.1, 0.15) is 85.5 Å². The van der Waals surface area contributed by atoms with Crippen LogP contribution in [0.25, 0.3) is 0 Å². The van der Waals surface area contributed by atoms with Gasteiger partial charge in [-0.3, -0.25) is 9.59 Å². The number of carbonyl (C=O) groups is 2. The van der Waals surface area contributed by atoms with Crippen LogP contribution in [-0.2, 0) is 23.8 Å². The first-order valence-electron chi connectivity index (χ1n) is 13.1. The van der Waals surface area contributed by atoms with Gasteiger partial charge in [0.2, 0.25) is 0 Å². The number of fused-ring (bicyclic) bond motifs is 8. The molecular weight excluding hydrogens is 404 g/mol. The summed E-state index contributed by atoms with van der Waals surface area (Å²) in [5.74, 6) is 3.74. The zero-order valence-electron chi connectivity index (χ0n) is 20.6. The van der Waals surface area contributed by atoms with Crippen molar-refractivity contribution >= 4 is 11.9 Å². The molecule has 0 N–H and O–H groups in total. The molecule has 0 radical (unpaired) electrons. The van der Waals surface area contributed by atoms with Gasteiger partial charge in [0.15, 0.2) is 0 Å². The number of carbonyl (C=O) groups excluding carboxylic acids is 2. The molecule has 0 aromatic rings. The molecule has 1 heterocycles. The molecule has 1 aliphatic heterocycles. The molecule has 5 rings (SSSR count). The predicted octanol–water partition coefficient (Wildman–Crippen LogP) is 5.15. The molecular formula is C27H42O5. The molecule has 5 heteroatoms. The largest absolute Gasteiger partial charge is 0.469 e. The Labute approximate surface area is 193 Å². The number of ether oxygens (including phenoxy) is 3. The molecule has 4 saturated carbocycles. The maximum absolute atomic E-state index is 11.7. The van der Waals surface area contributed by atoms with Gasteiger partial charge in [0.1, 0.15) is 6.10 Å². The second kappa shape index (κ2) is 7.99. The highest BCUT2D eigenvalue weighted by molar-refractivity contribution is 5.69. The standard InChI is InChI=1S/C27H42O5/c1-15(6-11-22(29)30-5)20-9-10-21-19-8-7-17-14-18(31-16(2)28)12-13-26(17,3)23(19)24-25(32-24)27(20,21)4/h15,17-21,23-25H,6-14H2,1-5H3/t15-,17+,18-,19+,20-,21+,23-,24+,25+,26+,27-/m1/s1. The second-order valence-electron chi connectivity index (χ2n) is 12.2. The Morgan fingerprint density at radius 2 is 1.91 bits per heavy atom. The molecule has 0 aromatic heterocycles. The normalized spacial score (nSPS) is 49.7. The smallest absolute Gasteiger partial charge is 0.305 e. The van der Waals surface area contributed by atoms with Crippen LogP contribution in [0.4, 0.5) is 0 Å². The first-order valence-corrected chi connectivity index (χ1v) is 13.1.